The van der Waals surface area contributed by atoms with Crippen molar-refractivity contribution in [1.82, 2.24) is 9.97 Å². The Hall–Kier alpha value is -2.59. The molecule has 0 saturated carbocycles. The number of thioether (sulfide) groups is 1. The summed E-state index contributed by atoms with van der Waals surface area (Å²) in [5, 5.41) is 2.75. The van der Waals surface area contributed by atoms with Gasteiger partial charge in [0.2, 0.25) is 5.91 Å². The second-order valence-corrected chi connectivity index (χ2v) is 7.65. The summed E-state index contributed by atoms with van der Waals surface area (Å²) >= 11 is 2.56. The number of carbonyl (C=O) groups excluding carboxylic acids is 1. The van der Waals surface area contributed by atoms with E-state index < -0.39 is 11.7 Å². The molecule has 0 spiro atoms. The number of carbonyl (C=O) groups is 1. The Balaban J connectivity index is 1.74. The first-order chi connectivity index (χ1) is 13.8. The molecule has 29 heavy (non-hydrogen) atoms. The van der Waals surface area contributed by atoms with Crippen LogP contribution in [0.5, 0.6) is 5.75 Å². The Morgan fingerprint density at radius 1 is 1.24 bits per heavy atom. The molecule has 0 unspecified atom stereocenters. The van der Waals surface area contributed by atoms with E-state index in [2.05, 4.69) is 9.97 Å². The highest BCUT2D eigenvalue weighted by atomic mass is 32.2. The molecule has 1 aromatic carbocycles. The molecule has 0 aliphatic carbocycles. The predicted octanol–water partition coefficient (Wildman–Crippen LogP) is 5.54. The van der Waals surface area contributed by atoms with Crippen molar-refractivity contribution < 1.29 is 22.7 Å². The summed E-state index contributed by atoms with van der Waals surface area (Å²) in [6.07, 6.45) is -3.59. The van der Waals surface area contributed by atoms with Crippen molar-refractivity contribution in [3.8, 4) is 5.75 Å². The molecule has 2 heterocycles. The van der Waals surface area contributed by atoms with Crippen LogP contribution in [0.1, 0.15) is 18.2 Å². The molecular formula is C19H16F3N3O2S2. The van der Waals surface area contributed by atoms with Crippen LogP contribution in [0.15, 0.2) is 53.0 Å². The Labute approximate surface area is 173 Å². The van der Waals surface area contributed by atoms with Crippen molar-refractivity contribution in [1.29, 1.82) is 0 Å². The fourth-order valence-electron chi connectivity index (χ4n) is 2.47. The Morgan fingerprint density at radius 3 is 2.62 bits per heavy atom. The molecule has 0 atom stereocenters. The minimum absolute atomic E-state index is 0.215. The van der Waals surface area contributed by atoms with Crippen molar-refractivity contribution in [2.24, 2.45) is 0 Å². The number of hydrogen-bond acceptors (Lipinski definition) is 6. The van der Waals surface area contributed by atoms with Gasteiger partial charge in [-0.15, -0.1) is 23.1 Å². The molecule has 0 bridgehead atoms. The van der Waals surface area contributed by atoms with Crippen molar-refractivity contribution in [2.45, 2.75) is 23.9 Å². The molecule has 1 amide bonds. The van der Waals surface area contributed by atoms with Crippen LogP contribution in [0.3, 0.4) is 0 Å². The van der Waals surface area contributed by atoms with E-state index in [1.807, 2.05) is 6.07 Å². The van der Waals surface area contributed by atoms with Crippen molar-refractivity contribution >= 4 is 39.8 Å². The lowest BCUT2D eigenvalue weighted by Gasteiger charge is -2.20. The molecule has 0 N–H and O–H groups in total. The molecule has 152 valence electrons. The number of hydrogen-bond donors (Lipinski definition) is 0. The molecule has 3 rings (SSSR count). The first-order valence-electron chi connectivity index (χ1n) is 8.33. The lowest BCUT2D eigenvalue weighted by Crippen LogP contribution is -2.23. The maximum atomic E-state index is 12.6. The molecule has 10 heteroatoms. The van der Waals surface area contributed by atoms with Gasteiger partial charge >= 0.3 is 6.18 Å². The van der Waals surface area contributed by atoms with Crippen LogP contribution in [-0.4, -0.2) is 23.0 Å². The van der Waals surface area contributed by atoms with Gasteiger partial charge in [-0.25, -0.2) is 9.97 Å². The lowest BCUT2D eigenvalue weighted by atomic mass is 10.2. The highest BCUT2D eigenvalue weighted by molar-refractivity contribution is 7.98. The number of alkyl halides is 3. The number of halogens is 3. The van der Waals surface area contributed by atoms with E-state index in [-0.39, 0.29) is 5.91 Å². The van der Waals surface area contributed by atoms with Gasteiger partial charge in [-0.1, -0.05) is 12.1 Å². The number of pyridine rings is 1. The van der Waals surface area contributed by atoms with Crippen LogP contribution in [-0.2, 0) is 16.7 Å². The highest BCUT2D eigenvalue weighted by Crippen LogP contribution is 2.36. The highest BCUT2D eigenvalue weighted by Gasteiger charge is 2.30. The van der Waals surface area contributed by atoms with Crippen molar-refractivity contribution in [3.63, 3.8) is 0 Å². The molecule has 0 aliphatic heterocycles. The number of rotatable bonds is 6. The third kappa shape index (κ3) is 5.07. The van der Waals surface area contributed by atoms with Gasteiger partial charge in [-0.2, -0.15) is 13.2 Å². The van der Waals surface area contributed by atoms with Crippen LogP contribution >= 0.6 is 23.1 Å². The van der Waals surface area contributed by atoms with Gasteiger partial charge in [0, 0.05) is 24.3 Å². The second-order valence-electron chi connectivity index (χ2n) is 5.82. The van der Waals surface area contributed by atoms with Crippen LogP contribution in [0.4, 0.5) is 24.0 Å². The number of methoxy groups -OCH3 is 1. The van der Waals surface area contributed by atoms with Gasteiger partial charge in [-0.3, -0.25) is 9.69 Å². The van der Waals surface area contributed by atoms with Crippen molar-refractivity contribution in [2.75, 3.05) is 12.0 Å². The summed E-state index contributed by atoms with van der Waals surface area (Å²) < 4.78 is 43.2. The third-order valence-electron chi connectivity index (χ3n) is 3.80. The average Bonchev–Trinajstić information content (AvgIpc) is 3.14. The predicted molar refractivity (Wildman–Crippen MR) is 107 cm³/mol. The van der Waals surface area contributed by atoms with Gasteiger partial charge in [0.05, 0.1) is 29.1 Å². The molecule has 0 fully saturated rings. The topological polar surface area (TPSA) is 55.3 Å². The van der Waals surface area contributed by atoms with Gasteiger partial charge in [-0.05, 0) is 24.3 Å². The number of thiazole rings is 1. The smallest absolute Gasteiger partial charge is 0.417 e. The SMILES string of the molecule is COc1ccccc1N(C(C)=O)c1nc(CSc2ccc(C(F)(F)F)cn2)cs1. The molecule has 0 saturated heterocycles. The Morgan fingerprint density at radius 2 is 2.00 bits per heavy atom. The van der Waals surface area contributed by atoms with Crippen LogP contribution in [0.25, 0.3) is 0 Å². The monoisotopic (exact) mass is 439 g/mol. The Kier molecular flexibility index (Phi) is 6.43. The number of anilines is 2. The molecule has 3 aromatic rings. The van der Waals surface area contributed by atoms with Crippen LogP contribution in [0.2, 0.25) is 0 Å². The summed E-state index contributed by atoms with van der Waals surface area (Å²) in [7, 11) is 1.53. The summed E-state index contributed by atoms with van der Waals surface area (Å²) in [6.45, 7) is 1.44. The summed E-state index contributed by atoms with van der Waals surface area (Å²) in [4.78, 5) is 22.0. The van der Waals surface area contributed by atoms with E-state index >= 15 is 0 Å². The first kappa shape index (κ1) is 21.1. The van der Waals surface area contributed by atoms with E-state index in [4.69, 9.17) is 4.74 Å². The lowest BCUT2D eigenvalue weighted by molar-refractivity contribution is -0.137. The molecule has 0 radical (unpaired) electrons. The van der Waals surface area contributed by atoms with E-state index in [0.717, 1.165) is 12.3 Å². The Bertz CT molecular complexity index is 991. The zero-order valence-corrected chi connectivity index (χ0v) is 17.1. The number of para-hydroxylation sites is 2. The van der Waals surface area contributed by atoms with Crippen LogP contribution in [0, 0.1) is 0 Å². The summed E-state index contributed by atoms with van der Waals surface area (Å²) in [5.41, 5.74) is 0.491. The summed E-state index contributed by atoms with van der Waals surface area (Å²) in [5.74, 6) is 0.738. The maximum absolute atomic E-state index is 12.6. The molecule has 5 nitrogen and oxygen atoms in total. The summed E-state index contributed by atoms with van der Waals surface area (Å²) in [6, 6.07) is 9.46. The van der Waals surface area contributed by atoms with Gasteiger partial charge in [0.15, 0.2) is 5.13 Å². The number of ether oxygens (including phenoxy) is 1. The number of benzene rings is 1. The van der Waals surface area contributed by atoms with Crippen LogP contribution < -0.4 is 9.64 Å². The molecular weight excluding hydrogens is 423 g/mol. The van der Waals surface area contributed by atoms with Gasteiger partial charge in [0.25, 0.3) is 0 Å². The van der Waals surface area contributed by atoms with Gasteiger partial charge < -0.3 is 4.74 Å². The number of amides is 1. The minimum atomic E-state index is -4.41. The van der Waals surface area contributed by atoms with Crippen molar-refractivity contribution in [3.05, 3.63) is 59.2 Å². The zero-order chi connectivity index (χ0) is 21.0. The zero-order valence-electron chi connectivity index (χ0n) is 15.4. The van der Waals surface area contributed by atoms with E-state index in [1.165, 1.54) is 48.1 Å². The normalized spacial score (nSPS) is 11.3. The molecule has 2 aromatic heterocycles. The van der Waals surface area contributed by atoms with E-state index in [9.17, 15) is 18.0 Å². The fourth-order valence-corrected chi connectivity index (χ4v) is 4.19. The average molecular weight is 439 g/mol. The van der Waals surface area contributed by atoms with Gasteiger partial charge in [0.1, 0.15) is 5.75 Å². The number of nitrogens with zero attached hydrogens (tertiary/aromatic N) is 3. The maximum Gasteiger partial charge on any atom is 0.417 e. The fraction of sp³-hybridized carbons (Fsp3) is 0.211. The first-order valence-corrected chi connectivity index (χ1v) is 10.2. The van der Waals surface area contributed by atoms with E-state index in [0.29, 0.717) is 33.0 Å². The molecule has 0 aliphatic rings. The standard InChI is InChI=1S/C19H16F3N3O2S2/c1-12(26)25(15-5-3-4-6-16(15)27-2)18-24-14(11-29-18)10-28-17-8-7-13(9-23-17)19(20,21)22/h3-9,11H,10H2,1-2H3. The second kappa shape index (κ2) is 8.83. The van der Waals surface area contributed by atoms with E-state index in [1.54, 1.807) is 23.6 Å². The minimum Gasteiger partial charge on any atom is -0.495 e. The largest absolute Gasteiger partial charge is 0.495 e. The third-order valence-corrected chi connectivity index (χ3v) is 5.66. The number of aromatic nitrogens is 2. The quantitative estimate of drug-likeness (QED) is 0.472.